The summed E-state index contributed by atoms with van der Waals surface area (Å²) >= 11 is 0. The molecule has 1 aliphatic heterocycles. The number of aryl methyl sites for hydroxylation is 1. The van der Waals surface area contributed by atoms with Crippen LogP contribution < -0.4 is 5.32 Å². The third-order valence-corrected chi connectivity index (χ3v) is 3.67. The molecule has 2 fully saturated rings. The number of amides is 1. The Bertz CT molecular complexity index is 434. The molecule has 3 heteroatoms. The Morgan fingerprint density at radius 2 is 1.94 bits per heavy atom. The molecule has 0 radical (unpaired) electrons. The maximum Gasteiger partial charge on any atom is 0.244 e. The summed E-state index contributed by atoms with van der Waals surface area (Å²) in [6.07, 6.45) is 2.02. The van der Waals surface area contributed by atoms with Crippen LogP contribution in [0.25, 0.3) is 0 Å². The van der Waals surface area contributed by atoms with Crippen molar-refractivity contribution in [2.24, 2.45) is 0 Å². The maximum atomic E-state index is 12.0. The Morgan fingerprint density at radius 1 is 1.31 bits per heavy atom. The second-order valence-electron chi connectivity index (χ2n) is 4.96. The minimum absolute atomic E-state index is 0.0515. The highest BCUT2D eigenvalue weighted by Gasteiger charge is 2.58. The van der Waals surface area contributed by atoms with E-state index in [0.717, 1.165) is 12.8 Å². The molecule has 0 aromatic heterocycles. The lowest BCUT2D eigenvalue weighted by molar-refractivity contribution is -0.129. The Hall–Kier alpha value is -1.35. The molecule has 1 aromatic carbocycles. The molecule has 1 atom stereocenters. The zero-order chi connectivity index (χ0) is 11.3. The SMILES string of the molecule is Cc1ccc(C2NC3(CC3)C(=O)N2C)cc1. The van der Waals surface area contributed by atoms with Crippen LogP contribution in [-0.2, 0) is 4.79 Å². The second kappa shape index (κ2) is 3.08. The highest BCUT2D eigenvalue weighted by atomic mass is 16.2. The zero-order valence-electron chi connectivity index (χ0n) is 9.66. The van der Waals surface area contributed by atoms with Gasteiger partial charge in [-0.05, 0) is 25.3 Å². The van der Waals surface area contributed by atoms with Crippen molar-refractivity contribution < 1.29 is 4.79 Å². The van der Waals surface area contributed by atoms with Gasteiger partial charge in [0.15, 0.2) is 0 Å². The van der Waals surface area contributed by atoms with Crippen molar-refractivity contribution in [3.8, 4) is 0 Å². The predicted molar refractivity (Wildman–Crippen MR) is 61.8 cm³/mol. The first-order valence-electron chi connectivity index (χ1n) is 5.74. The molecule has 1 aliphatic carbocycles. The molecule has 3 rings (SSSR count). The van der Waals surface area contributed by atoms with Crippen molar-refractivity contribution in [3.05, 3.63) is 35.4 Å². The smallest absolute Gasteiger partial charge is 0.244 e. The minimum Gasteiger partial charge on any atom is -0.324 e. The highest BCUT2D eigenvalue weighted by Crippen LogP contribution is 2.45. The molecule has 0 bridgehead atoms. The van der Waals surface area contributed by atoms with Crippen molar-refractivity contribution in [2.45, 2.75) is 31.5 Å². The zero-order valence-corrected chi connectivity index (χ0v) is 9.66. The number of hydrogen-bond acceptors (Lipinski definition) is 2. The molecule has 1 N–H and O–H groups in total. The summed E-state index contributed by atoms with van der Waals surface area (Å²) in [4.78, 5) is 13.8. The number of hydrogen-bond donors (Lipinski definition) is 1. The lowest BCUT2D eigenvalue weighted by Gasteiger charge is -2.19. The monoisotopic (exact) mass is 216 g/mol. The van der Waals surface area contributed by atoms with Gasteiger partial charge in [0.1, 0.15) is 11.7 Å². The van der Waals surface area contributed by atoms with Crippen LogP contribution in [0.2, 0.25) is 0 Å². The van der Waals surface area contributed by atoms with Gasteiger partial charge in [-0.3, -0.25) is 10.1 Å². The van der Waals surface area contributed by atoms with Crippen LogP contribution in [0, 0.1) is 6.92 Å². The number of likely N-dealkylation sites (N-methyl/N-ethyl adjacent to an activating group) is 1. The van der Waals surface area contributed by atoms with E-state index >= 15 is 0 Å². The van der Waals surface area contributed by atoms with E-state index in [-0.39, 0.29) is 17.6 Å². The van der Waals surface area contributed by atoms with Gasteiger partial charge in [-0.15, -0.1) is 0 Å². The van der Waals surface area contributed by atoms with Crippen LogP contribution in [0.3, 0.4) is 0 Å². The summed E-state index contributed by atoms with van der Waals surface area (Å²) in [5.74, 6) is 0.248. The fourth-order valence-corrected chi connectivity index (χ4v) is 2.41. The van der Waals surface area contributed by atoms with Gasteiger partial charge in [0.25, 0.3) is 0 Å². The standard InChI is InChI=1S/C13H16N2O/c1-9-3-5-10(6-4-9)11-14-13(7-8-13)12(16)15(11)2/h3-6,11,14H,7-8H2,1-2H3. The number of carbonyl (C=O) groups excluding carboxylic acids is 1. The number of nitrogens with one attached hydrogen (secondary N) is 1. The van der Waals surface area contributed by atoms with Gasteiger partial charge in [-0.2, -0.15) is 0 Å². The Morgan fingerprint density at radius 3 is 2.44 bits per heavy atom. The largest absolute Gasteiger partial charge is 0.324 e. The van der Waals surface area contributed by atoms with Crippen LogP contribution >= 0.6 is 0 Å². The summed E-state index contributed by atoms with van der Waals surface area (Å²) < 4.78 is 0. The first-order chi connectivity index (χ1) is 7.62. The number of rotatable bonds is 1. The van der Waals surface area contributed by atoms with E-state index in [1.165, 1.54) is 11.1 Å². The van der Waals surface area contributed by atoms with Gasteiger partial charge in [0, 0.05) is 7.05 Å². The van der Waals surface area contributed by atoms with E-state index in [1.54, 1.807) is 0 Å². The van der Waals surface area contributed by atoms with Gasteiger partial charge >= 0.3 is 0 Å². The molecule has 16 heavy (non-hydrogen) atoms. The number of carbonyl (C=O) groups is 1. The lowest BCUT2D eigenvalue weighted by atomic mass is 10.1. The molecular weight excluding hydrogens is 200 g/mol. The first kappa shape index (κ1) is 9.85. The Labute approximate surface area is 95.4 Å². The summed E-state index contributed by atoms with van der Waals surface area (Å²) in [6.45, 7) is 2.07. The fraction of sp³-hybridized carbons (Fsp3) is 0.462. The van der Waals surface area contributed by atoms with Crippen molar-refractivity contribution in [1.82, 2.24) is 10.2 Å². The highest BCUT2D eigenvalue weighted by molar-refractivity contribution is 5.91. The Kier molecular flexibility index (Phi) is 1.89. The number of nitrogens with zero attached hydrogens (tertiary/aromatic N) is 1. The molecule has 84 valence electrons. The van der Waals surface area contributed by atoms with E-state index in [4.69, 9.17) is 0 Å². The minimum atomic E-state index is -0.218. The van der Waals surface area contributed by atoms with Crippen LogP contribution in [0.5, 0.6) is 0 Å². The van der Waals surface area contributed by atoms with Gasteiger partial charge < -0.3 is 4.90 Å². The lowest BCUT2D eigenvalue weighted by Crippen LogP contribution is -2.30. The van der Waals surface area contributed by atoms with E-state index in [1.807, 2.05) is 11.9 Å². The second-order valence-corrected chi connectivity index (χ2v) is 4.96. The molecule has 2 aliphatic rings. The average Bonchev–Trinajstić information content (AvgIpc) is 3.02. The summed E-state index contributed by atoms with van der Waals surface area (Å²) in [5, 5.41) is 3.45. The van der Waals surface area contributed by atoms with Crippen molar-refractivity contribution >= 4 is 5.91 Å². The van der Waals surface area contributed by atoms with Gasteiger partial charge in [-0.25, -0.2) is 0 Å². The quantitative estimate of drug-likeness (QED) is 0.773. The van der Waals surface area contributed by atoms with Crippen molar-refractivity contribution in [3.63, 3.8) is 0 Å². The van der Waals surface area contributed by atoms with Crippen molar-refractivity contribution in [1.29, 1.82) is 0 Å². The van der Waals surface area contributed by atoms with E-state index in [2.05, 4.69) is 36.5 Å². The molecule has 1 aromatic rings. The van der Waals surface area contributed by atoms with E-state index < -0.39 is 0 Å². The van der Waals surface area contributed by atoms with Crippen LogP contribution in [-0.4, -0.2) is 23.4 Å². The summed E-state index contributed by atoms with van der Waals surface area (Å²) in [5.41, 5.74) is 2.20. The number of benzene rings is 1. The molecule has 1 heterocycles. The molecule has 1 unspecified atom stereocenters. The van der Waals surface area contributed by atoms with Crippen LogP contribution in [0.1, 0.15) is 30.1 Å². The van der Waals surface area contributed by atoms with Gasteiger partial charge in [-0.1, -0.05) is 29.8 Å². The van der Waals surface area contributed by atoms with Crippen molar-refractivity contribution in [2.75, 3.05) is 7.05 Å². The normalized spacial score (nSPS) is 26.5. The summed E-state index contributed by atoms with van der Waals surface area (Å²) in [6, 6.07) is 8.37. The predicted octanol–water partition coefficient (Wildman–Crippen LogP) is 1.59. The molecule has 3 nitrogen and oxygen atoms in total. The molecule has 1 amide bonds. The van der Waals surface area contributed by atoms with E-state index in [0.29, 0.717) is 0 Å². The molecular formula is C13H16N2O. The third kappa shape index (κ3) is 1.28. The van der Waals surface area contributed by atoms with Crippen LogP contribution in [0.15, 0.2) is 24.3 Å². The summed E-state index contributed by atoms with van der Waals surface area (Å²) in [7, 11) is 1.88. The maximum absolute atomic E-state index is 12.0. The van der Waals surface area contributed by atoms with Crippen LogP contribution in [0.4, 0.5) is 0 Å². The molecule has 1 saturated heterocycles. The van der Waals surface area contributed by atoms with Gasteiger partial charge in [0.2, 0.25) is 5.91 Å². The molecule has 1 spiro atoms. The van der Waals surface area contributed by atoms with E-state index in [9.17, 15) is 4.79 Å². The Balaban J connectivity index is 1.91. The first-order valence-corrected chi connectivity index (χ1v) is 5.74. The topological polar surface area (TPSA) is 32.3 Å². The fourth-order valence-electron chi connectivity index (χ4n) is 2.41. The van der Waals surface area contributed by atoms with Gasteiger partial charge in [0.05, 0.1) is 0 Å². The average molecular weight is 216 g/mol. The molecule has 1 saturated carbocycles. The third-order valence-electron chi connectivity index (χ3n) is 3.67.